The van der Waals surface area contributed by atoms with E-state index in [1.54, 1.807) is 0 Å². The highest BCUT2D eigenvalue weighted by molar-refractivity contribution is 5.69. The second kappa shape index (κ2) is 3.95. The van der Waals surface area contributed by atoms with Gasteiger partial charge in [0.1, 0.15) is 0 Å². The van der Waals surface area contributed by atoms with Crippen LogP contribution in [0.15, 0.2) is 12.2 Å². The van der Waals surface area contributed by atoms with E-state index in [-0.39, 0.29) is 5.97 Å². The lowest BCUT2D eigenvalue weighted by Gasteiger charge is -2.30. The second-order valence-corrected chi connectivity index (χ2v) is 4.54. The molecule has 0 aliphatic heterocycles. The number of esters is 1. The van der Waals surface area contributed by atoms with Crippen molar-refractivity contribution in [1.82, 2.24) is 0 Å². The number of hydrogen-bond donors (Lipinski definition) is 0. The zero-order chi connectivity index (χ0) is 9.90. The van der Waals surface area contributed by atoms with E-state index in [0.717, 1.165) is 12.8 Å². The number of carbonyl (C=O) groups is 1. The molecule has 0 saturated heterocycles. The first-order chi connectivity index (χ1) is 6.03. The minimum absolute atomic E-state index is 0.104. The van der Waals surface area contributed by atoms with Gasteiger partial charge in [-0.3, -0.25) is 4.79 Å². The molecule has 0 aromatic carbocycles. The smallest absolute Gasteiger partial charge is 0.306 e. The maximum absolute atomic E-state index is 11.0. The van der Waals surface area contributed by atoms with E-state index < -0.39 is 0 Å². The van der Waals surface area contributed by atoms with Crippen LogP contribution in [0.3, 0.4) is 0 Å². The Balaban J connectivity index is 2.48. The predicted molar refractivity (Wildman–Crippen MR) is 52.3 cm³/mol. The molecular formula is C11H18O2. The number of rotatable bonds is 2. The summed E-state index contributed by atoms with van der Waals surface area (Å²) >= 11 is 0. The molecular weight excluding hydrogens is 164 g/mol. The first kappa shape index (κ1) is 10.3. The molecule has 0 fully saturated rings. The molecule has 1 atom stereocenters. The lowest BCUT2D eigenvalue weighted by atomic mass is 9.75. The zero-order valence-electron chi connectivity index (χ0n) is 8.67. The molecule has 2 nitrogen and oxygen atoms in total. The van der Waals surface area contributed by atoms with Crippen LogP contribution in [0.4, 0.5) is 0 Å². The topological polar surface area (TPSA) is 26.3 Å². The highest BCUT2D eigenvalue weighted by Gasteiger charge is 2.25. The number of ether oxygens (including phenoxy) is 1. The van der Waals surface area contributed by atoms with Crippen molar-refractivity contribution in [3.8, 4) is 0 Å². The van der Waals surface area contributed by atoms with Gasteiger partial charge in [-0.1, -0.05) is 26.0 Å². The van der Waals surface area contributed by atoms with Gasteiger partial charge in [0.25, 0.3) is 0 Å². The summed E-state index contributed by atoms with van der Waals surface area (Å²) in [4.78, 5) is 11.0. The van der Waals surface area contributed by atoms with E-state index in [0.29, 0.717) is 17.8 Å². The summed E-state index contributed by atoms with van der Waals surface area (Å²) < 4.78 is 4.65. The number of allylic oxidation sites excluding steroid dienone is 2. The summed E-state index contributed by atoms with van der Waals surface area (Å²) in [5.41, 5.74) is 0.341. The highest BCUT2D eigenvalue weighted by atomic mass is 16.5. The second-order valence-electron chi connectivity index (χ2n) is 4.54. The molecule has 0 radical (unpaired) electrons. The van der Waals surface area contributed by atoms with Crippen LogP contribution < -0.4 is 0 Å². The zero-order valence-corrected chi connectivity index (χ0v) is 8.67. The molecule has 0 N–H and O–H groups in total. The average Bonchev–Trinajstić information content (AvgIpc) is 2.02. The van der Waals surface area contributed by atoms with Crippen molar-refractivity contribution in [2.45, 2.75) is 33.1 Å². The molecule has 1 rings (SSSR count). The van der Waals surface area contributed by atoms with Gasteiger partial charge >= 0.3 is 5.97 Å². The summed E-state index contributed by atoms with van der Waals surface area (Å²) in [6.07, 6.45) is 7.04. The van der Waals surface area contributed by atoms with Crippen molar-refractivity contribution >= 4 is 5.97 Å². The van der Waals surface area contributed by atoms with Crippen molar-refractivity contribution < 1.29 is 9.53 Å². The van der Waals surface area contributed by atoms with Gasteiger partial charge in [0, 0.05) is 0 Å². The van der Waals surface area contributed by atoms with Gasteiger partial charge in [0.05, 0.1) is 13.5 Å². The SMILES string of the molecule is COC(=O)CC1C=CCC(C)(C)C1. The Morgan fingerprint density at radius 1 is 1.62 bits per heavy atom. The molecule has 0 heterocycles. The van der Waals surface area contributed by atoms with Crippen LogP contribution in [0.25, 0.3) is 0 Å². The van der Waals surface area contributed by atoms with E-state index in [1.165, 1.54) is 7.11 Å². The minimum Gasteiger partial charge on any atom is -0.469 e. The molecule has 1 aliphatic carbocycles. The molecule has 0 bridgehead atoms. The first-order valence-electron chi connectivity index (χ1n) is 4.77. The minimum atomic E-state index is -0.104. The third-order valence-electron chi connectivity index (χ3n) is 2.55. The van der Waals surface area contributed by atoms with Crippen molar-refractivity contribution in [3.05, 3.63) is 12.2 Å². The lowest BCUT2D eigenvalue weighted by molar-refractivity contribution is -0.141. The predicted octanol–water partition coefficient (Wildman–Crippen LogP) is 2.54. The van der Waals surface area contributed by atoms with Crippen molar-refractivity contribution in [2.75, 3.05) is 7.11 Å². The maximum Gasteiger partial charge on any atom is 0.306 e. The monoisotopic (exact) mass is 182 g/mol. The molecule has 1 unspecified atom stereocenters. The van der Waals surface area contributed by atoms with E-state index in [1.807, 2.05) is 0 Å². The van der Waals surface area contributed by atoms with E-state index in [4.69, 9.17) is 0 Å². The molecule has 0 aromatic heterocycles. The summed E-state index contributed by atoms with van der Waals surface area (Å²) in [5.74, 6) is 0.267. The van der Waals surface area contributed by atoms with E-state index in [9.17, 15) is 4.79 Å². The Labute approximate surface area is 80.0 Å². The number of carbonyl (C=O) groups excluding carboxylic acids is 1. The van der Waals surface area contributed by atoms with Gasteiger partial charge in [-0.05, 0) is 24.2 Å². The van der Waals surface area contributed by atoms with Crippen LogP contribution in [0, 0.1) is 11.3 Å². The van der Waals surface area contributed by atoms with Crippen LogP contribution in [0.5, 0.6) is 0 Å². The van der Waals surface area contributed by atoms with Crippen LogP contribution in [0.2, 0.25) is 0 Å². The van der Waals surface area contributed by atoms with Crippen LogP contribution in [0.1, 0.15) is 33.1 Å². The molecule has 0 spiro atoms. The Bertz CT molecular complexity index is 216. The Hall–Kier alpha value is -0.790. The Kier molecular flexibility index (Phi) is 3.12. The fourth-order valence-electron chi connectivity index (χ4n) is 1.88. The molecule has 2 heteroatoms. The largest absolute Gasteiger partial charge is 0.469 e. The van der Waals surface area contributed by atoms with Gasteiger partial charge in [-0.15, -0.1) is 0 Å². The fourth-order valence-corrected chi connectivity index (χ4v) is 1.88. The summed E-state index contributed by atoms with van der Waals surface area (Å²) in [6, 6.07) is 0. The third kappa shape index (κ3) is 3.21. The number of methoxy groups -OCH3 is 1. The standard InChI is InChI=1S/C11H18O2/c1-11(2)6-4-5-9(8-11)7-10(12)13-3/h4-5,9H,6-8H2,1-3H3. The maximum atomic E-state index is 11.0. The summed E-state index contributed by atoms with van der Waals surface area (Å²) in [5, 5.41) is 0. The molecule has 1 aliphatic rings. The first-order valence-corrected chi connectivity index (χ1v) is 4.77. The number of hydrogen-bond acceptors (Lipinski definition) is 2. The summed E-state index contributed by atoms with van der Waals surface area (Å²) in [6.45, 7) is 4.47. The van der Waals surface area contributed by atoms with Gasteiger partial charge in [0.2, 0.25) is 0 Å². The fraction of sp³-hybridized carbons (Fsp3) is 0.727. The van der Waals surface area contributed by atoms with Gasteiger partial charge in [-0.25, -0.2) is 0 Å². The molecule has 0 saturated carbocycles. The van der Waals surface area contributed by atoms with Crippen molar-refractivity contribution in [3.63, 3.8) is 0 Å². The van der Waals surface area contributed by atoms with Crippen LogP contribution in [-0.2, 0) is 9.53 Å². The quantitative estimate of drug-likeness (QED) is 0.484. The van der Waals surface area contributed by atoms with Crippen molar-refractivity contribution in [2.24, 2.45) is 11.3 Å². The molecule has 13 heavy (non-hydrogen) atoms. The third-order valence-corrected chi connectivity index (χ3v) is 2.55. The normalized spacial score (nSPS) is 25.6. The van der Waals surface area contributed by atoms with E-state index >= 15 is 0 Å². The van der Waals surface area contributed by atoms with Gasteiger partial charge < -0.3 is 4.74 Å². The molecule has 0 amide bonds. The van der Waals surface area contributed by atoms with Gasteiger partial charge in [0.15, 0.2) is 0 Å². The Morgan fingerprint density at radius 2 is 2.31 bits per heavy atom. The van der Waals surface area contributed by atoms with Crippen molar-refractivity contribution in [1.29, 1.82) is 0 Å². The van der Waals surface area contributed by atoms with Crippen LogP contribution >= 0.6 is 0 Å². The highest BCUT2D eigenvalue weighted by Crippen LogP contribution is 2.35. The van der Waals surface area contributed by atoms with E-state index in [2.05, 4.69) is 30.7 Å². The molecule has 0 aromatic rings. The molecule has 74 valence electrons. The van der Waals surface area contributed by atoms with Gasteiger partial charge in [-0.2, -0.15) is 0 Å². The summed E-state index contributed by atoms with van der Waals surface area (Å²) in [7, 11) is 1.44. The lowest BCUT2D eigenvalue weighted by Crippen LogP contribution is -2.21. The Morgan fingerprint density at radius 3 is 2.85 bits per heavy atom. The van der Waals surface area contributed by atoms with Crippen LogP contribution in [-0.4, -0.2) is 13.1 Å². The average molecular weight is 182 g/mol.